The molecule has 1 aliphatic rings. The molecule has 8 heteroatoms. The zero-order valence-corrected chi connectivity index (χ0v) is 20.6. The number of hydrogen-bond donors (Lipinski definition) is 3. The van der Waals surface area contributed by atoms with Gasteiger partial charge in [0.25, 0.3) is 11.6 Å². The van der Waals surface area contributed by atoms with E-state index in [9.17, 15) is 14.7 Å². The zero-order valence-electron chi connectivity index (χ0n) is 19.0. The summed E-state index contributed by atoms with van der Waals surface area (Å²) >= 11 is 3.42. The minimum Gasteiger partial charge on any atom is -0.359 e. The molecular weight excluding hydrogens is 472 g/mol. The second-order valence-electron chi connectivity index (χ2n) is 8.03. The van der Waals surface area contributed by atoms with Crippen molar-refractivity contribution in [3.63, 3.8) is 0 Å². The van der Waals surface area contributed by atoms with Gasteiger partial charge in [0, 0.05) is 22.3 Å². The molecule has 0 spiro atoms. The quantitative estimate of drug-likeness (QED) is 0.474. The Morgan fingerprint density at radius 3 is 2.53 bits per heavy atom. The average Bonchev–Trinajstić information content (AvgIpc) is 2.76. The normalized spacial score (nSPS) is 17.8. The van der Waals surface area contributed by atoms with E-state index in [-0.39, 0.29) is 0 Å². The Morgan fingerprint density at radius 2 is 1.88 bits per heavy atom. The molecule has 3 N–H and O–H groups in total. The number of carbonyl (C=O) groups is 2. The highest BCUT2D eigenvalue weighted by Crippen LogP contribution is 2.41. The van der Waals surface area contributed by atoms with E-state index in [1.54, 1.807) is 30.3 Å². The number of halogens is 1. The summed E-state index contributed by atoms with van der Waals surface area (Å²) < 4.78 is 0.695. The Kier molecular flexibility index (Phi) is 7.59. The van der Waals surface area contributed by atoms with Gasteiger partial charge in [-0.15, -0.1) is 0 Å². The molecule has 2 aromatic carbocycles. The van der Waals surface area contributed by atoms with Crippen molar-refractivity contribution in [3.8, 4) is 0 Å². The van der Waals surface area contributed by atoms with Crippen LogP contribution in [0.3, 0.4) is 0 Å². The number of rotatable bonds is 8. The first-order valence-corrected chi connectivity index (χ1v) is 11.7. The number of nitrogens with one attached hydrogen (secondary N) is 2. The summed E-state index contributed by atoms with van der Waals surface area (Å²) in [6.45, 7) is 11.2. The number of fused-ring (bicyclic) bond motifs is 1. The maximum absolute atomic E-state index is 13.4. The zero-order chi connectivity index (χ0) is 23.5. The fourth-order valence-corrected chi connectivity index (χ4v) is 4.27. The van der Waals surface area contributed by atoms with Crippen molar-refractivity contribution >= 4 is 39.2 Å². The Morgan fingerprint density at radius 1 is 1.16 bits per heavy atom. The summed E-state index contributed by atoms with van der Waals surface area (Å²) in [7, 11) is 0. The van der Waals surface area contributed by atoms with E-state index in [1.807, 2.05) is 19.9 Å². The topological polar surface area (TPSA) is 84.9 Å². The van der Waals surface area contributed by atoms with Crippen molar-refractivity contribution in [2.75, 3.05) is 36.4 Å². The van der Waals surface area contributed by atoms with Gasteiger partial charge >= 0.3 is 6.03 Å². The summed E-state index contributed by atoms with van der Waals surface area (Å²) in [5.41, 5.74) is 0.969. The van der Waals surface area contributed by atoms with Crippen LogP contribution in [0, 0.1) is 13.8 Å². The molecule has 7 nitrogen and oxygen atoms in total. The van der Waals surface area contributed by atoms with Crippen LogP contribution in [0.5, 0.6) is 0 Å². The molecule has 1 aliphatic heterocycles. The van der Waals surface area contributed by atoms with Crippen LogP contribution in [0.2, 0.25) is 0 Å². The summed E-state index contributed by atoms with van der Waals surface area (Å²) in [5.74, 6) is -0.635. The molecule has 0 bridgehead atoms. The Labute approximate surface area is 197 Å². The molecule has 0 aliphatic carbocycles. The third kappa shape index (κ3) is 4.67. The molecule has 0 unspecified atom stereocenters. The molecule has 1 heterocycles. The summed E-state index contributed by atoms with van der Waals surface area (Å²) in [5, 5.41) is 17.5. The third-order valence-electron chi connectivity index (χ3n) is 6.02. The number of nitrogens with zero attached hydrogens (tertiary/aromatic N) is 2. The van der Waals surface area contributed by atoms with Gasteiger partial charge in [0.2, 0.25) is 0 Å². The van der Waals surface area contributed by atoms with Gasteiger partial charge in [0.15, 0.2) is 0 Å². The minimum atomic E-state index is -2.20. The number of carbonyl (C=O) groups excluding carboxylic acids is 2. The first-order valence-electron chi connectivity index (χ1n) is 10.9. The summed E-state index contributed by atoms with van der Waals surface area (Å²) in [4.78, 5) is 30.0. The van der Waals surface area contributed by atoms with E-state index in [4.69, 9.17) is 0 Å². The molecule has 32 heavy (non-hydrogen) atoms. The lowest BCUT2D eigenvalue weighted by molar-refractivity contribution is -0.140. The number of hydrogen-bond acceptors (Lipinski definition) is 4. The lowest BCUT2D eigenvalue weighted by Crippen LogP contribution is -2.62. The molecule has 0 radical (unpaired) electrons. The van der Waals surface area contributed by atoms with Gasteiger partial charge in [-0.1, -0.05) is 35.8 Å². The van der Waals surface area contributed by atoms with E-state index < -0.39 is 17.7 Å². The molecule has 0 saturated carbocycles. The van der Waals surface area contributed by atoms with Crippen LogP contribution < -0.4 is 15.5 Å². The van der Waals surface area contributed by atoms with Crippen molar-refractivity contribution in [1.29, 1.82) is 0 Å². The number of urea groups is 1. The van der Waals surface area contributed by atoms with Crippen LogP contribution in [-0.2, 0) is 10.5 Å². The highest BCUT2D eigenvalue weighted by atomic mass is 79.9. The Hall–Kier alpha value is -2.42. The van der Waals surface area contributed by atoms with Crippen molar-refractivity contribution in [2.45, 2.75) is 39.8 Å². The van der Waals surface area contributed by atoms with Gasteiger partial charge in [-0.2, -0.15) is 0 Å². The highest BCUT2D eigenvalue weighted by Gasteiger charge is 2.52. The molecular formula is C24H31BrN4O3. The monoisotopic (exact) mass is 502 g/mol. The number of anilines is 2. The molecule has 0 fully saturated rings. The molecule has 0 saturated heterocycles. The van der Waals surface area contributed by atoms with Crippen molar-refractivity contribution < 1.29 is 14.7 Å². The molecule has 172 valence electrons. The van der Waals surface area contributed by atoms with Gasteiger partial charge in [0.1, 0.15) is 0 Å². The van der Waals surface area contributed by atoms with Gasteiger partial charge in [-0.25, -0.2) is 4.79 Å². The van der Waals surface area contributed by atoms with Crippen LogP contribution in [0.15, 0.2) is 40.9 Å². The van der Waals surface area contributed by atoms with Crippen molar-refractivity contribution in [3.05, 3.63) is 57.6 Å². The minimum absolute atomic E-state index is 0.311. The molecule has 0 aromatic heterocycles. The Balaban J connectivity index is 1.97. The van der Waals surface area contributed by atoms with E-state index >= 15 is 0 Å². The van der Waals surface area contributed by atoms with E-state index in [0.717, 1.165) is 42.1 Å². The van der Waals surface area contributed by atoms with Crippen LogP contribution in [0.4, 0.5) is 16.2 Å². The van der Waals surface area contributed by atoms with E-state index in [2.05, 4.69) is 45.3 Å². The smallest absolute Gasteiger partial charge is 0.329 e. The second-order valence-corrected chi connectivity index (χ2v) is 8.95. The fourth-order valence-electron chi connectivity index (χ4n) is 3.91. The number of aliphatic hydroxyl groups is 1. The lowest BCUT2D eigenvalue weighted by atomic mass is 9.94. The van der Waals surface area contributed by atoms with Gasteiger partial charge in [-0.05, 0) is 81.4 Å². The van der Waals surface area contributed by atoms with Gasteiger partial charge in [0.05, 0.1) is 5.69 Å². The van der Waals surface area contributed by atoms with Crippen LogP contribution in [0.1, 0.15) is 37.0 Å². The second kappa shape index (κ2) is 10.0. The summed E-state index contributed by atoms with van der Waals surface area (Å²) in [6.07, 6.45) is 0.741. The van der Waals surface area contributed by atoms with Crippen molar-refractivity contribution in [1.82, 2.24) is 10.2 Å². The number of amides is 3. The first kappa shape index (κ1) is 24.2. The maximum atomic E-state index is 13.4. The molecule has 2 aromatic rings. The van der Waals surface area contributed by atoms with Crippen LogP contribution in [-0.4, -0.2) is 48.1 Å². The standard InChI is InChI=1S/C24H31BrN4O3/c1-5-28(6-2)13-7-12-26-22(30)24(32)20-15-18(25)9-11-21(20)27-23(31)29(24)19-10-8-16(3)17(4)14-19/h8-11,14-15,32H,5-7,12-13H2,1-4H3,(H,26,30)(H,27,31)/t24-/m1/s1. The largest absolute Gasteiger partial charge is 0.359 e. The maximum Gasteiger partial charge on any atom is 0.329 e. The van der Waals surface area contributed by atoms with Gasteiger partial charge < -0.3 is 20.6 Å². The SMILES string of the molecule is CCN(CC)CCCNC(=O)[C@]1(O)c2cc(Br)ccc2NC(=O)N1c1ccc(C)c(C)c1. The molecule has 3 rings (SSSR count). The average molecular weight is 503 g/mol. The predicted molar refractivity (Wildman–Crippen MR) is 131 cm³/mol. The van der Waals surface area contributed by atoms with Crippen molar-refractivity contribution in [2.24, 2.45) is 0 Å². The molecule has 1 atom stereocenters. The molecule has 3 amide bonds. The number of aryl methyl sites for hydroxylation is 2. The number of benzene rings is 2. The van der Waals surface area contributed by atoms with Crippen LogP contribution >= 0.6 is 15.9 Å². The van der Waals surface area contributed by atoms with E-state index in [1.165, 1.54) is 0 Å². The first-order chi connectivity index (χ1) is 15.2. The highest BCUT2D eigenvalue weighted by molar-refractivity contribution is 9.10. The fraction of sp³-hybridized carbons (Fsp3) is 0.417. The summed E-state index contributed by atoms with van der Waals surface area (Å²) in [6, 6.07) is 9.94. The van der Waals surface area contributed by atoms with Gasteiger partial charge in [-0.3, -0.25) is 9.69 Å². The van der Waals surface area contributed by atoms with Crippen LogP contribution in [0.25, 0.3) is 0 Å². The predicted octanol–water partition coefficient (Wildman–Crippen LogP) is 4.11. The third-order valence-corrected chi connectivity index (χ3v) is 6.52. The Bertz CT molecular complexity index is 1010. The lowest BCUT2D eigenvalue weighted by Gasteiger charge is -2.43. The van der Waals surface area contributed by atoms with E-state index in [0.29, 0.717) is 28.0 Å².